The van der Waals surface area contributed by atoms with Gasteiger partial charge in [-0.25, -0.2) is 9.59 Å². The zero-order valence-corrected chi connectivity index (χ0v) is 36.3. The number of halogens is 15. The van der Waals surface area contributed by atoms with Gasteiger partial charge in [-0.2, -0.15) is 88.7 Å². The summed E-state index contributed by atoms with van der Waals surface area (Å²) in [7, 11) is -12.7. The molecule has 4 aromatic rings. The first kappa shape index (κ1) is 90.3. The molecule has 0 bridgehead atoms. The Morgan fingerprint density at radius 1 is 0.520 bits per heavy atom. The van der Waals surface area contributed by atoms with E-state index in [9.17, 15) is 75.1 Å². The molecule has 432 valence electrons. The van der Waals surface area contributed by atoms with Crippen LogP contribution in [0.5, 0.6) is 0 Å². The second kappa shape index (κ2) is 41.9. The molecule has 0 aliphatic rings. The van der Waals surface area contributed by atoms with Crippen molar-refractivity contribution in [2.75, 3.05) is 16.4 Å². The number of nitrogens with one attached hydrogen (secondary N) is 2. The predicted octanol–water partition coefficient (Wildman–Crippen LogP) is 10.6. The number of hydrogen-bond donors (Lipinski definition) is 6. The molecule has 0 aliphatic carbocycles. The van der Waals surface area contributed by atoms with E-state index >= 15 is 0 Å². The van der Waals surface area contributed by atoms with Crippen molar-refractivity contribution in [3.05, 3.63) is 125 Å². The number of rotatable bonds is 3. The number of nitrogens with two attached hydrogens (primary N) is 1. The third-order valence-corrected chi connectivity index (χ3v) is 6.07. The lowest BCUT2D eigenvalue weighted by atomic mass is 10.1. The summed E-state index contributed by atoms with van der Waals surface area (Å²) in [5.41, 5.74) is 3.16. The van der Waals surface area contributed by atoms with Crippen molar-refractivity contribution in [3.63, 3.8) is 0 Å². The van der Waals surface area contributed by atoms with E-state index in [0.29, 0.717) is 17.8 Å². The monoisotopic (exact) mass is 1180 g/mol. The van der Waals surface area contributed by atoms with Crippen molar-refractivity contribution >= 4 is 73.0 Å². The largest absolute Gasteiger partial charge is 0.450 e. The molecule has 20 nitrogen and oxygen atoms in total. The minimum atomic E-state index is -4.97. The number of aryl methyl sites for hydroxylation is 1. The van der Waals surface area contributed by atoms with Gasteiger partial charge in [0.1, 0.15) is 0 Å². The number of carbonyl (C=O) groups is 2. The third-order valence-electron chi connectivity index (χ3n) is 5.71. The Balaban J connectivity index is -0.0000000848. The van der Waals surface area contributed by atoms with E-state index in [2.05, 4.69) is 4.18 Å². The van der Waals surface area contributed by atoms with Crippen molar-refractivity contribution in [1.29, 1.82) is 0 Å². The molecule has 0 aliphatic heterocycles. The van der Waals surface area contributed by atoms with Gasteiger partial charge in [0.25, 0.3) is 0 Å². The molecular formula is C37H44F15N3O17S3. The summed E-state index contributed by atoms with van der Waals surface area (Å²) in [6.07, 6.45) is -20.3. The molecule has 0 heterocycles. The highest BCUT2D eigenvalue weighted by atomic mass is 32.3. The van der Waals surface area contributed by atoms with Crippen molar-refractivity contribution < 1.29 is 143 Å². The lowest BCUT2D eigenvalue weighted by Gasteiger charge is -2.08. The minimum absolute atomic E-state index is 0. The number of anilines is 3. The highest BCUT2D eigenvalue weighted by molar-refractivity contribution is 7.81. The molecular weight excluding hydrogens is 1140 g/mol. The fourth-order valence-electron chi connectivity index (χ4n) is 3.25. The van der Waals surface area contributed by atoms with Crippen LogP contribution in [0.15, 0.2) is 97.1 Å². The van der Waals surface area contributed by atoms with Gasteiger partial charge < -0.3 is 9.92 Å². The van der Waals surface area contributed by atoms with Gasteiger partial charge in [0, 0.05) is 17.1 Å². The van der Waals surface area contributed by atoms with Crippen LogP contribution in [0.3, 0.4) is 0 Å². The van der Waals surface area contributed by atoms with Crippen LogP contribution in [0.25, 0.3) is 0 Å². The first-order valence-electron chi connectivity index (χ1n) is 15.8. The zero-order valence-electron chi connectivity index (χ0n) is 33.8. The molecule has 4 rings (SSSR count). The summed E-state index contributed by atoms with van der Waals surface area (Å²) in [6, 6.07) is 16.0. The zero-order chi connectivity index (χ0) is 55.2. The first-order valence-corrected chi connectivity index (χ1v) is 19.6. The van der Waals surface area contributed by atoms with E-state index in [1.165, 1.54) is 24.3 Å². The van der Waals surface area contributed by atoms with E-state index in [0.717, 1.165) is 66.2 Å². The fourth-order valence-corrected chi connectivity index (χ4v) is 3.48. The van der Waals surface area contributed by atoms with E-state index in [4.69, 9.17) is 59.6 Å². The minimum Gasteiger partial charge on any atom is -0.399 e. The van der Waals surface area contributed by atoms with Crippen molar-refractivity contribution in [2.24, 2.45) is 0 Å². The van der Waals surface area contributed by atoms with E-state index in [-0.39, 0.29) is 62.8 Å². The van der Waals surface area contributed by atoms with Crippen LogP contribution in [0.2, 0.25) is 0 Å². The van der Waals surface area contributed by atoms with Gasteiger partial charge >= 0.3 is 80.7 Å². The molecule has 0 atom stereocenters. The molecule has 38 heteroatoms. The topological polar surface area (TPSA) is 342 Å². The van der Waals surface area contributed by atoms with Crippen molar-refractivity contribution in [2.45, 2.75) is 61.3 Å². The standard InChI is InChI=1S/C8H5F4NO.C8H6F3NO5S.C8H7F3.C7H6F3N.2CO2.4CH4.2FH.H2O4S.O3S/c9-7(14)13-6-3-1-5(2-4-6)8(10,11)12;9-8(10,11)5-1-3-6(4-2-5)12-7(13)17-18(14,15)16;1-6-2-4-7(5-3-6)8(9,10)11;8-7(9,10)5-1-3-6(11)4-2-5;2*2-1-3;;;;;;;1-5(2,3)4;1-4(2)3/h1-4H,(H,13,14);1-4H,(H,12,13)(H,14,15,16);2-5H,1H3;1-4H,11H2;;;4*1H4;2*1H;(H2,1,2,3,4);. The summed E-state index contributed by atoms with van der Waals surface area (Å²) in [6.45, 7) is 1.75. The maximum absolute atomic E-state index is 12.2. The Morgan fingerprint density at radius 3 is 0.920 bits per heavy atom. The molecule has 0 saturated heterocycles. The third kappa shape index (κ3) is 57.3. The van der Waals surface area contributed by atoms with Gasteiger partial charge in [0.2, 0.25) is 0 Å². The molecule has 0 saturated carbocycles. The van der Waals surface area contributed by atoms with Gasteiger partial charge in [0.15, 0.2) is 0 Å². The molecule has 2 amide bonds. The van der Waals surface area contributed by atoms with Crippen molar-refractivity contribution in [1.82, 2.24) is 0 Å². The number of amides is 2. The molecule has 7 N–H and O–H groups in total. The number of alkyl halides is 12. The Hall–Kier alpha value is -7.47. The Kier molecular flexibility index (Phi) is 50.5. The maximum atomic E-state index is 12.2. The van der Waals surface area contributed by atoms with Crippen LogP contribution in [-0.4, -0.2) is 67.7 Å². The highest BCUT2D eigenvalue weighted by Crippen LogP contribution is 2.32. The Labute approximate surface area is 417 Å². The predicted molar refractivity (Wildman–Crippen MR) is 233 cm³/mol. The average molecular weight is 1180 g/mol. The Morgan fingerprint density at radius 2 is 0.720 bits per heavy atom. The summed E-state index contributed by atoms with van der Waals surface area (Å²) >= 11 is 0. The van der Waals surface area contributed by atoms with Gasteiger partial charge in [-0.05, 0) is 91.9 Å². The van der Waals surface area contributed by atoms with Crippen LogP contribution in [0.4, 0.5) is 93.1 Å². The quantitative estimate of drug-likeness (QED) is 0.0365. The number of hydrogen-bond acceptors (Lipinski definition) is 15. The van der Waals surface area contributed by atoms with E-state index in [1.54, 1.807) is 12.2 Å². The summed E-state index contributed by atoms with van der Waals surface area (Å²) in [5.74, 6) is 0. The lowest BCUT2D eigenvalue weighted by Crippen LogP contribution is -2.18. The smallest absolute Gasteiger partial charge is 0.399 e. The van der Waals surface area contributed by atoms with E-state index in [1.807, 2.05) is 5.32 Å². The average Bonchev–Trinajstić information content (AvgIpc) is 3.14. The molecule has 0 aromatic heterocycles. The summed E-state index contributed by atoms with van der Waals surface area (Å²) in [5, 5.41) is 3.52. The molecule has 0 radical (unpaired) electrons. The van der Waals surface area contributed by atoms with Gasteiger partial charge in [-0.1, -0.05) is 47.4 Å². The lowest BCUT2D eigenvalue weighted by molar-refractivity contribution is -0.193. The summed E-state index contributed by atoms with van der Waals surface area (Å²) in [4.78, 5) is 53.2. The molecule has 0 spiro atoms. The van der Waals surface area contributed by atoms with Crippen molar-refractivity contribution in [3.8, 4) is 0 Å². The number of carbonyl (C=O) groups excluding carboxylic acids is 6. The second-order valence-corrected chi connectivity index (χ2v) is 13.1. The van der Waals surface area contributed by atoms with Gasteiger partial charge in [-0.15, -0.1) is 17.0 Å². The normalized spacial score (nSPS) is 9.67. The number of nitrogen functional groups attached to an aromatic ring is 1. The molecule has 0 unspecified atom stereocenters. The second-order valence-electron chi connectivity index (χ2n) is 10.8. The van der Waals surface area contributed by atoms with E-state index < -0.39 is 90.6 Å². The van der Waals surface area contributed by atoms with Crippen LogP contribution >= 0.6 is 0 Å². The van der Waals surface area contributed by atoms with Crippen LogP contribution in [0.1, 0.15) is 57.5 Å². The summed E-state index contributed by atoms with van der Waals surface area (Å²) < 4.78 is 245. The van der Waals surface area contributed by atoms with Gasteiger partial charge in [-0.3, -0.25) is 33.7 Å². The van der Waals surface area contributed by atoms with Gasteiger partial charge in [0.05, 0.1) is 22.3 Å². The van der Waals surface area contributed by atoms with Crippen LogP contribution in [0, 0.1) is 6.92 Å². The first-order chi connectivity index (χ1) is 31.0. The highest BCUT2D eigenvalue weighted by Gasteiger charge is 2.32. The van der Waals surface area contributed by atoms with Crippen LogP contribution in [-0.2, 0) is 79.5 Å². The maximum Gasteiger partial charge on any atom is 0.450 e. The SMILES string of the molecule is C.C.C.C.Cc1ccc(C(F)(F)F)cc1.F.F.Nc1ccc(C(F)(F)F)cc1.O=C(F)Nc1ccc(C(F)(F)F)cc1.O=C(Nc1ccc(C(F)(F)F)cc1)OS(=O)(=O)O.O=C=O.O=C=O.O=S(=O)(O)O.O=S(=O)=O. The van der Waals surface area contributed by atoms with Crippen LogP contribution < -0.4 is 16.4 Å². The molecule has 75 heavy (non-hydrogen) atoms. The molecule has 0 fully saturated rings. The Bertz CT molecular complexity index is 2510. The molecule has 4 aromatic carbocycles. The fraction of sp³-hybridized carbons (Fsp3) is 0.243. The number of benzene rings is 4.